The number of rotatable bonds is 10. The molecule has 1 atom stereocenters. The highest BCUT2D eigenvalue weighted by atomic mass is 16.5. The summed E-state index contributed by atoms with van der Waals surface area (Å²) >= 11 is 0. The van der Waals surface area contributed by atoms with Crippen LogP contribution in [0.3, 0.4) is 0 Å². The van der Waals surface area contributed by atoms with Gasteiger partial charge in [-0.2, -0.15) is 10.2 Å². The molecule has 0 spiro atoms. The van der Waals surface area contributed by atoms with Crippen molar-refractivity contribution >= 4 is 17.3 Å². The number of benzene rings is 2. The first kappa shape index (κ1) is 29.0. The molecule has 2 aromatic carbocycles. The van der Waals surface area contributed by atoms with Crippen molar-refractivity contribution in [3.05, 3.63) is 93.5 Å². The van der Waals surface area contributed by atoms with E-state index < -0.39 is 6.10 Å². The minimum atomic E-state index is -0.486. The van der Waals surface area contributed by atoms with Crippen LogP contribution in [-0.4, -0.2) is 49.7 Å². The molecule has 1 unspecified atom stereocenters. The summed E-state index contributed by atoms with van der Waals surface area (Å²) in [6, 6.07) is 18.3. The molecule has 0 saturated heterocycles. The fourth-order valence-corrected chi connectivity index (χ4v) is 6.49. The Balaban J connectivity index is 1.39. The van der Waals surface area contributed by atoms with Crippen LogP contribution >= 0.6 is 0 Å². The van der Waals surface area contributed by atoms with Crippen LogP contribution in [-0.2, 0) is 22.4 Å². The fraction of sp³-hybridized carbons (Fsp3) is 0.412. The van der Waals surface area contributed by atoms with E-state index in [1.165, 1.54) is 0 Å². The number of ether oxygens (including phenoxy) is 1. The number of nitrogens with one attached hydrogen (secondary N) is 1. The molecule has 2 aromatic heterocycles. The number of nitrogens with zero attached hydrogens (tertiary/aromatic N) is 4. The van der Waals surface area contributed by atoms with Crippen LogP contribution in [0.1, 0.15) is 80.8 Å². The van der Waals surface area contributed by atoms with Gasteiger partial charge in [-0.1, -0.05) is 55.8 Å². The van der Waals surface area contributed by atoms with E-state index in [1.807, 2.05) is 33.3 Å². The van der Waals surface area contributed by atoms with Crippen LogP contribution in [0, 0.1) is 0 Å². The number of aromatic nitrogens is 3. The molecule has 2 aliphatic rings. The first-order chi connectivity index (χ1) is 20.9. The molecule has 43 heavy (non-hydrogen) atoms. The molecular formula is C34H39N5O4. The van der Waals surface area contributed by atoms with Gasteiger partial charge in [-0.3, -0.25) is 14.2 Å². The van der Waals surface area contributed by atoms with E-state index in [-0.39, 0.29) is 30.0 Å². The molecule has 1 saturated carbocycles. The predicted octanol–water partition coefficient (Wildman–Crippen LogP) is 4.81. The summed E-state index contributed by atoms with van der Waals surface area (Å²) < 4.78 is 9.81. The van der Waals surface area contributed by atoms with Crippen LogP contribution in [0.2, 0.25) is 0 Å². The van der Waals surface area contributed by atoms with E-state index in [0.29, 0.717) is 18.7 Å². The Bertz CT molecular complexity index is 1700. The molecule has 4 aromatic rings. The van der Waals surface area contributed by atoms with E-state index in [2.05, 4.69) is 52.9 Å². The maximum atomic E-state index is 14.4. The lowest BCUT2D eigenvalue weighted by Crippen LogP contribution is -2.35. The minimum absolute atomic E-state index is 0.0357. The number of carbonyl (C=O) groups excluding carboxylic acids is 1. The SMILES string of the molecule is CCCc1c(Cc2ccc(-c3ccccc3)c(C3=NNC(=O)C3)c2)c(=O)n(C2CCC(OCC(C)O)CC2)c2ccnn12. The second kappa shape index (κ2) is 12.7. The maximum absolute atomic E-state index is 14.4. The van der Waals surface area contributed by atoms with Crippen LogP contribution in [0.4, 0.5) is 0 Å². The van der Waals surface area contributed by atoms with Crippen molar-refractivity contribution in [3.8, 4) is 11.1 Å². The number of hydrogen-bond donors (Lipinski definition) is 2. The van der Waals surface area contributed by atoms with Crippen LogP contribution in [0.25, 0.3) is 16.8 Å². The van der Waals surface area contributed by atoms with E-state index >= 15 is 0 Å². The number of carbonyl (C=O) groups is 1. The molecule has 1 amide bonds. The molecule has 224 valence electrons. The summed E-state index contributed by atoms with van der Waals surface area (Å²) in [6.45, 7) is 4.19. The zero-order valence-corrected chi connectivity index (χ0v) is 24.8. The lowest BCUT2D eigenvalue weighted by molar-refractivity contribution is -0.119. The van der Waals surface area contributed by atoms with Crippen molar-refractivity contribution in [1.29, 1.82) is 0 Å². The molecule has 3 heterocycles. The molecular weight excluding hydrogens is 542 g/mol. The van der Waals surface area contributed by atoms with Gasteiger partial charge in [-0.25, -0.2) is 9.94 Å². The first-order valence-corrected chi connectivity index (χ1v) is 15.4. The normalized spacial score (nSPS) is 19.4. The highest BCUT2D eigenvalue weighted by Crippen LogP contribution is 2.32. The lowest BCUT2D eigenvalue weighted by Gasteiger charge is -2.31. The van der Waals surface area contributed by atoms with Crippen molar-refractivity contribution in [1.82, 2.24) is 19.6 Å². The monoisotopic (exact) mass is 581 g/mol. The smallest absolute Gasteiger partial charge is 0.257 e. The van der Waals surface area contributed by atoms with Crippen LogP contribution in [0.15, 0.2) is 70.7 Å². The summed E-state index contributed by atoms with van der Waals surface area (Å²) in [5.74, 6) is -0.123. The Morgan fingerprint density at radius 1 is 1.05 bits per heavy atom. The molecule has 0 bridgehead atoms. The zero-order valence-electron chi connectivity index (χ0n) is 24.8. The third-order valence-electron chi connectivity index (χ3n) is 8.52. The van der Waals surface area contributed by atoms with Crippen molar-refractivity contribution in [3.63, 3.8) is 0 Å². The van der Waals surface area contributed by atoms with Gasteiger partial charge in [0.05, 0.1) is 42.8 Å². The molecule has 1 fully saturated rings. The van der Waals surface area contributed by atoms with Gasteiger partial charge in [0.2, 0.25) is 5.91 Å². The quantitative estimate of drug-likeness (QED) is 0.279. The standard InChI is InChI=1S/C34H39N5O4/c1-3-7-31-29(19-23-10-15-27(24-8-5-4-6-9-24)28(18-23)30-20-32(41)37-36-30)34(42)38(33-16-17-35-39(31)33)25-11-13-26(14-12-25)43-21-22(2)40/h4-6,8-10,15-18,22,25-26,40H,3,7,11-14,19-21H2,1-2H3,(H,37,41). The molecule has 9 heteroatoms. The number of aliphatic hydroxyl groups is 1. The molecule has 6 rings (SSSR count). The summed E-state index contributed by atoms with van der Waals surface area (Å²) in [6.07, 6.45) is 7.04. The van der Waals surface area contributed by atoms with Gasteiger partial charge in [0, 0.05) is 29.7 Å². The summed E-state index contributed by atoms with van der Waals surface area (Å²) in [7, 11) is 0. The molecule has 1 aliphatic carbocycles. The van der Waals surface area contributed by atoms with Gasteiger partial charge >= 0.3 is 0 Å². The highest BCUT2D eigenvalue weighted by molar-refractivity contribution is 6.16. The van der Waals surface area contributed by atoms with Gasteiger partial charge in [0.15, 0.2) is 0 Å². The average molecular weight is 582 g/mol. The van der Waals surface area contributed by atoms with Crippen molar-refractivity contribution in [2.24, 2.45) is 5.10 Å². The highest BCUT2D eigenvalue weighted by Gasteiger charge is 2.28. The van der Waals surface area contributed by atoms with E-state index in [1.54, 1.807) is 13.1 Å². The van der Waals surface area contributed by atoms with Crippen molar-refractivity contribution in [2.75, 3.05) is 6.61 Å². The zero-order chi connectivity index (χ0) is 29.9. The number of hydrogen-bond acceptors (Lipinski definition) is 6. The maximum Gasteiger partial charge on any atom is 0.257 e. The first-order valence-electron chi connectivity index (χ1n) is 15.4. The van der Waals surface area contributed by atoms with E-state index in [9.17, 15) is 14.7 Å². The van der Waals surface area contributed by atoms with Gasteiger partial charge in [-0.05, 0) is 61.8 Å². The topological polar surface area (TPSA) is 110 Å². The van der Waals surface area contributed by atoms with Crippen molar-refractivity contribution in [2.45, 2.75) is 83.5 Å². The molecule has 9 nitrogen and oxygen atoms in total. The summed E-state index contributed by atoms with van der Waals surface area (Å²) in [4.78, 5) is 26.5. The Labute approximate surface area is 251 Å². The lowest BCUT2D eigenvalue weighted by atomic mass is 9.91. The Hall–Kier alpha value is -4.08. The molecule has 2 N–H and O–H groups in total. The van der Waals surface area contributed by atoms with Gasteiger partial charge in [0.25, 0.3) is 5.56 Å². The Morgan fingerprint density at radius 2 is 1.84 bits per heavy atom. The minimum Gasteiger partial charge on any atom is -0.391 e. The van der Waals surface area contributed by atoms with Crippen LogP contribution < -0.4 is 11.0 Å². The summed E-state index contributed by atoms with van der Waals surface area (Å²) in [5.41, 5.74) is 9.79. The van der Waals surface area contributed by atoms with E-state index in [0.717, 1.165) is 77.7 Å². The largest absolute Gasteiger partial charge is 0.391 e. The number of fused-ring (bicyclic) bond motifs is 1. The second-order valence-corrected chi connectivity index (χ2v) is 11.8. The van der Waals surface area contributed by atoms with E-state index in [4.69, 9.17) is 4.74 Å². The third-order valence-corrected chi connectivity index (χ3v) is 8.52. The third kappa shape index (κ3) is 6.05. The number of aliphatic hydroxyl groups excluding tert-OH is 1. The van der Waals surface area contributed by atoms with Crippen molar-refractivity contribution < 1.29 is 14.6 Å². The number of amides is 1. The predicted molar refractivity (Wildman–Crippen MR) is 166 cm³/mol. The Morgan fingerprint density at radius 3 is 2.53 bits per heavy atom. The molecule has 0 radical (unpaired) electrons. The number of aryl methyl sites for hydroxylation is 1. The van der Waals surface area contributed by atoms with Crippen LogP contribution in [0.5, 0.6) is 0 Å². The average Bonchev–Trinajstić information content (AvgIpc) is 3.68. The fourth-order valence-electron chi connectivity index (χ4n) is 6.49. The Kier molecular flexibility index (Phi) is 8.54. The van der Waals surface area contributed by atoms with Gasteiger partial charge in [0.1, 0.15) is 5.65 Å². The molecule has 1 aliphatic heterocycles. The summed E-state index contributed by atoms with van der Waals surface area (Å²) in [5, 5.41) is 18.6. The van der Waals surface area contributed by atoms with Gasteiger partial charge in [-0.15, -0.1) is 0 Å². The second-order valence-electron chi connectivity index (χ2n) is 11.8. The van der Waals surface area contributed by atoms with Gasteiger partial charge < -0.3 is 9.84 Å². The number of hydrazone groups is 1.